The molecule has 1 aromatic carbocycles. The molecule has 0 aliphatic carbocycles. The van der Waals surface area contributed by atoms with Gasteiger partial charge in [-0.15, -0.1) is 0 Å². The smallest absolute Gasteiger partial charge is 0.231 e. The van der Waals surface area contributed by atoms with E-state index in [4.69, 9.17) is 24.9 Å². The molecule has 3 rings (SSSR count). The molecule has 0 radical (unpaired) electrons. The Morgan fingerprint density at radius 3 is 2.58 bits per heavy atom. The minimum atomic E-state index is -0.0585. The number of benzene rings is 1. The van der Waals surface area contributed by atoms with Crippen LogP contribution < -0.4 is 15.2 Å². The third-order valence-electron chi connectivity index (χ3n) is 5.07. The van der Waals surface area contributed by atoms with Gasteiger partial charge < -0.3 is 24.8 Å². The molecule has 0 amide bonds. The van der Waals surface area contributed by atoms with Crippen LogP contribution >= 0.6 is 0 Å². The molecular formula is C18H27N3O3. The van der Waals surface area contributed by atoms with E-state index in [2.05, 4.69) is 30.9 Å². The van der Waals surface area contributed by atoms with Gasteiger partial charge in [0.25, 0.3) is 0 Å². The van der Waals surface area contributed by atoms with Crippen molar-refractivity contribution < 1.29 is 14.2 Å². The fourth-order valence-corrected chi connectivity index (χ4v) is 3.41. The Labute approximate surface area is 143 Å². The number of nitrogens with two attached hydrogens (primary N) is 1. The van der Waals surface area contributed by atoms with Crippen molar-refractivity contribution >= 4 is 5.96 Å². The van der Waals surface area contributed by atoms with E-state index < -0.39 is 0 Å². The lowest BCUT2D eigenvalue weighted by molar-refractivity contribution is 0.0530. The van der Waals surface area contributed by atoms with Crippen molar-refractivity contribution in [2.45, 2.75) is 32.1 Å². The molecule has 1 fully saturated rings. The van der Waals surface area contributed by atoms with Crippen molar-refractivity contribution in [2.24, 2.45) is 10.7 Å². The maximum absolute atomic E-state index is 6.18. The summed E-state index contributed by atoms with van der Waals surface area (Å²) in [6.07, 6.45) is 1.86. The van der Waals surface area contributed by atoms with Gasteiger partial charge in [-0.2, -0.15) is 0 Å². The van der Waals surface area contributed by atoms with Crippen molar-refractivity contribution in [3.8, 4) is 11.5 Å². The molecule has 0 aromatic heterocycles. The third kappa shape index (κ3) is 3.29. The van der Waals surface area contributed by atoms with Crippen LogP contribution in [0.3, 0.4) is 0 Å². The first-order valence-electron chi connectivity index (χ1n) is 8.71. The molecule has 132 valence electrons. The van der Waals surface area contributed by atoms with Gasteiger partial charge in [-0.3, -0.25) is 4.99 Å². The Morgan fingerprint density at radius 1 is 1.17 bits per heavy atom. The van der Waals surface area contributed by atoms with Gasteiger partial charge in [0, 0.05) is 31.7 Å². The van der Waals surface area contributed by atoms with Crippen LogP contribution in [0.25, 0.3) is 0 Å². The van der Waals surface area contributed by atoms with Gasteiger partial charge in [-0.05, 0) is 44.4 Å². The normalized spacial score (nSPS) is 19.3. The van der Waals surface area contributed by atoms with E-state index in [1.165, 1.54) is 5.56 Å². The lowest BCUT2D eigenvalue weighted by Gasteiger charge is -2.37. The van der Waals surface area contributed by atoms with Gasteiger partial charge in [0.05, 0.1) is 6.54 Å². The summed E-state index contributed by atoms with van der Waals surface area (Å²) < 4.78 is 16.6. The number of ether oxygens (including phenoxy) is 3. The fourth-order valence-electron chi connectivity index (χ4n) is 3.41. The largest absolute Gasteiger partial charge is 0.454 e. The van der Waals surface area contributed by atoms with Crippen LogP contribution in [-0.4, -0.2) is 50.5 Å². The molecule has 2 heterocycles. The quantitative estimate of drug-likeness (QED) is 0.660. The Hall–Kier alpha value is -1.95. The lowest BCUT2D eigenvalue weighted by Crippen LogP contribution is -2.41. The molecular weight excluding hydrogens is 306 g/mol. The van der Waals surface area contributed by atoms with Crippen molar-refractivity contribution in [1.29, 1.82) is 0 Å². The molecule has 2 aliphatic rings. The molecule has 6 nitrogen and oxygen atoms in total. The summed E-state index contributed by atoms with van der Waals surface area (Å²) in [5, 5.41) is 0. The van der Waals surface area contributed by atoms with Crippen LogP contribution in [0.5, 0.6) is 11.5 Å². The minimum Gasteiger partial charge on any atom is -0.454 e. The molecule has 0 bridgehead atoms. The number of nitrogens with zero attached hydrogens (tertiary/aromatic N) is 2. The number of aliphatic imine (C=N–C) groups is 1. The summed E-state index contributed by atoms with van der Waals surface area (Å²) in [5.74, 6) is 2.25. The van der Waals surface area contributed by atoms with Gasteiger partial charge in [0.2, 0.25) is 6.79 Å². The average Bonchev–Trinajstić information content (AvgIpc) is 3.09. The van der Waals surface area contributed by atoms with E-state index in [1.807, 2.05) is 6.07 Å². The second-order valence-electron chi connectivity index (χ2n) is 6.31. The Balaban J connectivity index is 1.86. The lowest BCUT2D eigenvalue weighted by atomic mass is 9.74. The van der Waals surface area contributed by atoms with Crippen LogP contribution in [0.4, 0.5) is 0 Å². The highest BCUT2D eigenvalue weighted by Gasteiger charge is 2.35. The average molecular weight is 333 g/mol. The van der Waals surface area contributed by atoms with Gasteiger partial charge in [-0.25, -0.2) is 0 Å². The summed E-state index contributed by atoms with van der Waals surface area (Å²) in [6, 6.07) is 6.21. The first kappa shape index (κ1) is 16.9. The molecule has 24 heavy (non-hydrogen) atoms. The predicted molar refractivity (Wildman–Crippen MR) is 93.7 cm³/mol. The highest BCUT2D eigenvalue weighted by atomic mass is 16.7. The standard InChI is InChI=1S/C18H27N3O3/c1-3-21(4-2)17(19)20-12-18(7-9-22-10-8-18)14-5-6-15-16(11-14)24-13-23-15/h5-6,11H,3-4,7-10,12-13H2,1-2H3,(H2,19,20). The summed E-state index contributed by atoms with van der Waals surface area (Å²) in [6.45, 7) is 8.37. The van der Waals surface area contributed by atoms with Gasteiger partial charge in [0.1, 0.15) is 0 Å². The first-order valence-corrected chi connectivity index (χ1v) is 8.71. The zero-order valence-corrected chi connectivity index (χ0v) is 14.6. The second kappa shape index (κ2) is 7.30. The van der Waals surface area contributed by atoms with E-state index in [1.54, 1.807) is 0 Å². The minimum absolute atomic E-state index is 0.0585. The van der Waals surface area contributed by atoms with Crippen molar-refractivity contribution in [3.63, 3.8) is 0 Å². The van der Waals surface area contributed by atoms with Crippen LogP contribution in [0.1, 0.15) is 32.3 Å². The van der Waals surface area contributed by atoms with Crippen molar-refractivity contribution in [2.75, 3.05) is 39.6 Å². The van der Waals surface area contributed by atoms with Crippen molar-refractivity contribution in [1.82, 2.24) is 4.90 Å². The highest BCUT2D eigenvalue weighted by Crippen LogP contribution is 2.41. The molecule has 0 atom stereocenters. The van der Waals surface area contributed by atoms with Gasteiger partial charge in [0.15, 0.2) is 17.5 Å². The molecule has 2 aliphatic heterocycles. The van der Waals surface area contributed by atoms with E-state index >= 15 is 0 Å². The van der Waals surface area contributed by atoms with Crippen LogP contribution in [-0.2, 0) is 10.2 Å². The molecule has 0 saturated carbocycles. The Morgan fingerprint density at radius 2 is 1.88 bits per heavy atom. The zero-order valence-electron chi connectivity index (χ0n) is 14.6. The number of rotatable bonds is 5. The summed E-state index contributed by atoms with van der Waals surface area (Å²) in [4.78, 5) is 6.80. The van der Waals surface area contributed by atoms with Crippen LogP contribution in [0, 0.1) is 0 Å². The maximum atomic E-state index is 6.18. The Bertz CT molecular complexity index is 593. The number of hydrogen-bond acceptors (Lipinski definition) is 4. The van der Waals surface area contributed by atoms with Crippen molar-refractivity contribution in [3.05, 3.63) is 23.8 Å². The molecule has 0 unspecified atom stereocenters. The van der Waals surface area contributed by atoms with Crippen LogP contribution in [0.15, 0.2) is 23.2 Å². The molecule has 1 aromatic rings. The summed E-state index contributed by atoms with van der Waals surface area (Å²) >= 11 is 0. The monoisotopic (exact) mass is 333 g/mol. The molecule has 6 heteroatoms. The SMILES string of the molecule is CCN(CC)C(N)=NCC1(c2ccc3c(c2)OCO3)CCOCC1. The number of hydrogen-bond donors (Lipinski definition) is 1. The van der Waals surface area contributed by atoms with Gasteiger partial charge >= 0.3 is 0 Å². The number of fused-ring (bicyclic) bond motifs is 1. The topological polar surface area (TPSA) is 69.3 Å². The van der Waals surface area contributed by atoms with E-state index in [-0.39, 0.29) is 5.41 Å². The number of guanidine groups is 1. The second-order valence-corrected chi connectivity index (χ2v) is 6.31. The van der Waals surface area contributed by atoms with Crippen LogP contribution in [0.2, 0.25) is 0 Å². The molecule has 2 N–H and O–H groups in total. The van der Waals surface area contributed by atoms with E-state index in [9.17, 15) is 0 Å². The molecule has 1 saturated heterocycles. The maximum Gasteiger partial charge on any atom is 0.231 e. The first-order chi connectivity index (χ1) is 11.7. The predicted octanol–water partition coefficient (Wildman–Crippen LogP) is 2.12. The zero-order chi connectivity index (χ0) is 17.0. The third-order valence-corrected chi connectivity index (χ3v) is 5.07. The molecule has 0 spiro atoms. The van der Waals surface area contributed by atoms with Gasteiger partial charge in [-0.1, -0.05) is 6.07 Å². The summed E-state index contributed by atoms with van der Waals surface area (Å²) in [5.41, 5.74) is 7.35. The van der Waals surface area contributed by atoms with E-state index in [0.29, 0.717) is 19.3 Å². The highest BCUT2D eigenvalue weighted by molar-refractivity contribution is 5.78. The Kier molecular flexibility index (Phi) is 5.14. The van der Waals surface area contributed by atoms with E-state index in [0.717, 1.165) is 50.6 Å². The summed E-state index contributed by atoms with van der Waals surface area (Å²) in [7, 11) is 0. The fraction of sp³-hybridized carbons (Fsp3) is 0.611.